The van der Waals surface area contributed by atoms with E-state index in [0.29, 0.717) is 0 Å². The van der Waals surface area contributed by atoms with Crippen LogP contribution in [0.3, 0.4) is 0 Å². The summed E-state index contributed by atoms with van der Waals surface area (Å²) in [6, 6.07) is 13.4. The van der Waals surface area contributed by atoms with Crippen LogP contribution >= 0.6 is 0 Å². The van der Waals surface area contributed by atoms with Gasteiger partial charge < -0.3 is 15.1 Å². The summed E-state index contributed by atoms with van der Waals surface area (Å²) in [7, 11) is 0. The fraction of sp³-hybridized carbons (Fsp3) is 0. The number of H-pyrrole nitrogens is 1. The summed E-state index contributed by atoms with van der Waals surface area (Å²) in [4.78, 5) is 17.6. The molecule has 0 fully saturated rings. The Labute approximate surface area is 120 Å². The van der Waals surface area contributed by atoms with Gasteiger partial charge >= 0.3 is 0 Å². The Kier molecular flexibility index (Phi) is 3.39. The Morgan fingerprint density at radius 2 is 1.86 bits per heavy atom. The van der Waals surface area contributed by atoms with E-state index in [2.05, 4.69) is 32.6 Å². The molecule has 0 aliphatic rings. The van der Waals surface area contributed by atoms with Crippen molar-refractivity contribution in [3.63, 3.8) is 0 Å². The molecule has 0 unspecified atom stereocenters. The van der Waals surface area contributed by atoms with Crippen molar-refractivity contribution in [1.29, 1.82) is 0 Å². The van der Waals surface area contributed by atoms with E-state index in [1.807, 2.05) is 24.5 Å². The number of nitrogens with zero attached hydrogens (tertiary/aromatic N) is 1. The molecule has 104 valence electrons. The van der Waals surface area contributed by atoms with Crippen LogP contribution in [0.5, 0.6) is 0 Å². The molecule has 0 radical (unpaired) electrons. The molecule has 3 aromatic heterocycles. The van der Waals surface area contributed by atoms with Crippen LogP contribution in [0.25, 0.3) is 21.8 Å². The predicted molar refractivity (Wildman–Crippen MR) is 80.8 cm³/mol. The third kappa shape index (κ3) is 2.62. The second-order valence-corrected chi connectivity index (χ2v) is 4.43. The average Bonchev–Trinajstić information content (AvgIpc) is 3.15. The zero-order chi connectivity index (χ0) is 14.7. The molecule has 0 bridgehead atoms. The first-order chi connectivity index (χ1) is 10.3. The van der Waals surface area contributed by atoms with Gasteiger partial charge in [0.2, 0.25) is 0 Å². The second-order valence-electron chi connectivity index (χ2n) is 4.43. The number of benzene rings is 1. The fourth-order valence-corrected chi connectivity index (χ4v) is 2.12. The van der Waals surface area contributed by atoms with E-state index in [0.717, 1.165) is 5.52 Å². The second kappa shape index (κ2) is 5.50. The highest BCUT2D eigenvalue weighted by Gasteiger charge is 2.01. The van der Waals surface area contributed by atoms with E-state index >= 15 is 0 Å². The largest absolute Gasteiger partial charge is 0.459 e. The molecule has 0 spiro atoms. The van der Waals surface area contributed by atoms with E-state index in [1.54, 1.807) is 6.07 Å². The van der Waals surface area contributed by atoms with Gasteiger partial charge in [-0.1, -0.05) is 18.2 Å². The summed E-state index contributed by atoms with van der Waals surface area (Å²) in [5.74, 6) is -0.333. The molecule has 21 heavy (non-hydrogen) atoms. The minimum absolute atomic E-state index is 0.199. The number of fused-ring (bicyclic) bond motifs is 3. The first-order valence-electron chi connectivity index (χ1n) is 6.39. The van der Waals surface area contributed by atoms with Crippen LogP contribution in [0.2, 0.25) is 0 Å². The minimum Gasteiger partial charge on any atom is -0.459 e. The summed E-state index contributed by atoms with van der Waals surface area (Å²) in [5.41, 5.74) is 7.10. The smallest absolute Gasteiger partial charge is 0.284 e. The number of hydrogen-bond acceptors (Lipinski definition) is 3. The number of carbonyl (C=O) groups is 1. The number of furan rings is 1. The van der Waals surface area contributed by atoms with Gasteiger partial charge in [0.05, 0.1) is 18.0 Å². The lowest BCUT2D eigenvalue weighted by Crippen LogP contribution is -2.08. The van der Waals surface area contributed by atoms with Crippen molar-refractivity contribution in [2.45, 2.75) is 0 Å². The van der Waals surface area contributed by atoms with E-state index in [-0.39, 0.29) is 5.76 Å². The molecule has 5 nitrogen and oxygen atoms in total. The molecule has 1 aromatic carbocycles. The predicted octanol–water partition coefficient (Wildman–Crippen LogP) is 3.09. The molecular weight excluding hydrogens is 266 g/mol. The van der Waals surface area contributed by atoms with Crippen molar-refractivity contribution in [2.24, 2.45) is 5.73 Å². The monoisotopic (exact) mass is 279 g/mol. The maximum absolute atomic E-state index is 10.2. The molecule has 0 saturated carbocycles. The number of pyridine rings is 1. The maximum Gasteiger partial charge on any atom is 0.284 e. The Balaban J connectivity index is 0.000000143. The number of aromatic nitrogens is 2. The number of amides is 1. The molecule has 3 heterocycles. The third-order valence-electron chi connectivity index (χ3n) is 3.07. The molecule has 0 aliphatic heterocycles. The van der Waals surface area contributed by atoms with E-state index < -0.39 is 5.91 Å². The lowest BCUT2D eigenvalue weighted by molar-refractivity contribution is 0.0974. The molecule has 4 aromatic rings. The van der Waals surface area contributed by atoms with Crippen LogP contribution in [-0.2, 0) is 0 Å². The number of primary amides is 1. The number of rotatable bonds is 1. The summed E-state index contributed by atoms with van der Waals surface area (Å²) in [6.45, 7) is 0. The quantitative estimate of drug-likeness (QED) is 0.561. The van der Waals surface area contributed by atoms with Gasteiger partial charge in [0, 0.05) is 22.5 Å². The van der Waals surface area contributed by atoms with E-state index in [1.165, 1.54) is 28.6 Å². The first-order valence-corrected chi connectivity index (χ1v) is 6.39. The van der Waals surface area contributed by atoms with Crippen LogP contribution in [0, 0.1) is 0 Å². The fourth-order valence-electron chi connectivity index (χ4n) is 2.12. The summed E-state index contributed by atoms with van der Waals surface area (Å²) >= 11 is 0. The summed E-state index contributed by atoms with van der Waals surface area (Å²) in [5, 5.41) is 2.51. The lowest BCUT2D eigenvalue weighted by atomic mass is 10.2. The Hall–Kier alpha value is -3.08. The normalized spacial score (nSPS) is 10.3. The molecular formula is C16H13N3O2. The number of hydrogen-bond donors (Lipinski definition) is 2. The number of nitrogens with one attached hydrogen (secondary N) is 1. The topological polar surface area (TPSA) is 84.9 Å². The van der Waals surface area contributed by atoms with Crippen molar-refractivity contribution in [2.75, 3.05) is 0 Å². The van der Waals surface area contributed by atoms with Gasteiger partial charge in [-0.3, -0.25) is 9.78 Å². The number of nitrogens with two attached hydrogens (primary N) is 1. The molecule has 1 amide bonds. The van der Waals surface area contributed by atoms with Gasteiger partial charge in [-0.05, 0) is 24.3 Å². The van der Waals surface area contributed by atoms with Gasteiger partial charge in [-0.15, -0.1) is 0 Å². The van der Waals surface area contributed by atoms with Crippen LogP contribution in [0.1, 0.15) is 10.6 Å². The van der Waals surface area contributed by atoms with Crippen LogP contribution < -0.4 is 5.73 Å². The van der Waals surface area contributed by atoms with Crippen molar-refractivity contribution >= 4 is 27.7 Å². The van der Waals surface area contributed by atoms with Crippen LogP contribution in [0.4, 0.5) is 0 Å². The van der Waals surface area contributed by atoms with Gasteiger partial charge in [-0.2, -0.15) is 0 Å². The highest BCUT2D eigenvalue weighted by atomic mass is 16.3. The number of aromatic amines is 1. The molecule has 5 heteroatoms. The zero-order valence-electron chi connectivity index (χ0n) is 11.1. The highest BCUT2D eigenvalue weighted by molar-refractivity contribution is 6.06. The van der Waals surface area contributed by atoms with Crippen molar-refractivity contribution in [3.8, 4) is 0 Å². The van der Waals surface area contributed by atoms with Gasteiger partial charge in [0.25, 0.3) is 5.91 Å². The number of para-hydroxylation sites is 1. The van der Waals surface area contributed by atoms with Crippen molar-refractivity contribution in [1.82, 2.24) is 9.97 Å². The van der Waals surface area contributed by atoms with Crippen molar-refractivity contribution < 1.29 is 9.21 Å². The lowest BCUT2D eigenvalue weighted by Gasteiger charge is -1.87. The summed E-state index contributed by atoms with van der Waals surface area (Å²) in [6.07, 6.45) is 5.08. The molecule has 0 atom stereocenters. The zero-order valence-corrected chi connectivity index (χ0v) is 11.1. The maximum atomic E-state index is 10.2. The van der Waals surface area contributed by atoms with Gasteiger partial charge in [0.1, 0.15) is 0 Å². The molecule has 4 rings (SSSR count). The minimum atomic E-state index is -0.532. The Morgan fingerprint density at radius 1 is 1.05 bits per heavy atom. The van der Waals surface area contributed by atoms with Crippen molar-refractivity contribution in [3.05, 3.63) is 66.9 Å². The van der Waals surface area contributed by atoms with Crippen LogP contribution in [-0.4, -0.2) is 15.9 Å². The Bertz CT molecular complexity index is 828. The third-order valence-corrected chi connectivity index (χ3v) is 3.07. The summed E-state index contributed by atoms with van der Waals surface area (Å²) < 4.78 is 4.62. The molecule has 0 aliphatic carbocycles. The first kappa shape index (κ1) is 12.9. The molecule has 0 saturated heterocycles. The van der Waals surface area contributed by atoms with E-state index in [9.17, 15) is 4.79 Å². The average molecular weight is 279 g/mol. The SMILES string of the molecule is NC(=O)c1ccco1.c1ccc2c(c1)[nH]c1cnccc12. The van der Waals surface area contributed by atoms with Crippen LogP contribution in [0.15, 0.2) is 65.5 Å². The number of carbonyl (C=O) groups excluding carboxylic acids is 1. The van der Waals surface area contributed by atoms with Gasteiger partial charge in [-0.25, -0.2) is 0 Å². The highest BCUT2D eigenvalue weighted by Crippen LogP contribution is 2.23. The molecule has 3 N–H and O–H groups in total. The van der Waals surface area contributed by atoms with E-state index in [4.69, 9.17) is 5.73 Å². The van der Waals surface area contributed by atoms with Gasteiger partial charge in [0.15, 0.2) is 5.76 Å². The Morgan fingerprint density at radius 3 is 2.57 bits per heavy atom. The standard InChI is InChI=1S/C11H8N2.C5H5NO2/c1-2-4-10-8(3-1)9-5-6-12-7-11(9)13-10;6-5(7)4-2-1-3-8-4/h1-7,13H;1-3H,(H2,6,7).